The number of carbonyl (C=O) groups excluding carboxylic acids is 1. The van der Waals surface area contributed by atoms with E-state index in [9.17, 15) is 4.79 Å². The molecule has 0 unspecified atom stereocenters. The van der Waals surface area contributed by atoms with Gasteiger partial charge in [0.1, 0.15) is 40.7 Å². The summed E-state index contributed by atoms with van der Waals surface area (Å²) >= 11 is 0. The molecule has 14 nitrogen and oxygen atoms in total. The molecule has 6 rings (SSSR count). The Morgan fingerprint density at radius 3 is 2.53 bits per heavy atom. The molecule has 15 heteroatoms. The number of aromatic nitrogens is 6. The van der Waals surface area contributed by atoms with Gasteiger partial charge in [0.25, 0.3) is 0 Å². The van der Waals surface area contributed by atoms with Crippen molar-refractivity contribution >= 4 is 34.2 Å². The van der Waals surface area contributed by atoms with Crippen molar-refractivity contribution in [2.45, 2.75) is 38.8 Å². The van der Waals surface area contributed by atoms with Gasteiger partial charge in [0, 0.05) is 48.9 Å². The lowest BCUT2D eigenvalue weighted by Crippen LogP contribution is -2.36. The zero-order valence-electron chi connectivity index (χ0n) is 26.5. The number of fused-ring (bicyclic) bond motifs is 1. The average Bonchev–Trinajstić information content (AvgIpc) is 3.72. The summed E-state index contributed by atoms with van der Waals surface area (Å²) in [4.78, 5) is 31.2. The Morgan fingerprint density at radius 1 is 1.00 bits per heavy atom. The van der Waals surface area contributed by atoms with Crippen molar-refractivity contribution in [3.05, 3.63) is 67.1 Å². The number of nitrogens with one attached hydrogen (secondary N) is 2. The van der Waals surface area contributed by atoms with Crippen molar-refractivity contribution < 1.29 is 28.1 Å². The predicted molar refractivity (Wildman–Crippen MR) is 171 cm³/mol. The number of benzene rings is 2. The van der Waals surface area contributed by atoms with Crippen LogP contribution in [0.1, 0.15) is 27.2 Å². The fourth-order valence-electron chi connectivity index (χ4n) is 5.00. The number of amides is 1. The molecule has 0 radical (unpaired) electrons. The monoisotopic (exact) mass is 643 g/mol. The maximum absolute atomic E-state index is 15.3. The van der Waals surface area contributed by atoms with E-state index in [0.717, 1.165) is 6.42 Å². The third-order valence-electron chi connectivity index (χ3n) is 7.20. The molecule has 244 valence electrons. The number of hydrogen-bond acceptors (Lipinski definition) is 12. The van der Waals surface area contributed by atoms with E-state index in [-0.39, 0.29) is 35.5 Å². The maximum atomic E-state index is 15.3. The van der Waals surface area contributed by atoms with Crippen LogP contribution in [0, 0.1) is 5.82 Å². The van der Waals surface area contributed by atoms with Crippen molar-refractivity contribution in [2.24, 2.45) is 0 Å². The molecule has 0 aliphatic carbocycles. The molecule has 0 saturated carbocycles. The van der Waals surface area contributed by atoms with E-state index < -0.39 is 11.4 Å². The highest BCUT2D eigenvalue weighted by Crippen LogP contribution is 2.35. The first-order valence-electron chi connectivity index (χ1n) is 14.8. The number of ether oxygens (including phenoxy) is 4. The summed E-state index contributed by atoms with van der Waals surface area (Å²) in [7, 11) is 3.06. The fourth-order valence-corrected chi connectivity index (χ4v) is 5.00. The molecule has 1 aliphatic rings. The molecule has 47 heavy (non-hydrogen) atoms. The number of methoxy groups -OCH3 is 2. The summed E-state index contributed by atoms with van der Waals surface area (Å²) in [6.07, 6.45) is 6.57. The molecule has 1 amide bonds. The van der Waals surface area contributed by atoms with Gasteiger partial charge in [-0.1, -0.05) is 0 Å². The molecule has 1 saturated heterocycles. The number of anilines is 3. The van der Waals surface area contributed by atoms with Gasteiger partial charge in [0.2, 0.25) is 5.88 Å². The van der Waals surface area contributed by atoms with Gasteiger partial charge >= 0.3 is 12.1 Å². The van der Waals surface area contributed by atoms with Crippen LogP contribution in [0.2, 0.25) is 0 Å². The first-order chi connectivity index (χ1) is 22.6. The van der Waals surface area contributed by atoms with Gasteiger partial charge in [-0.3, -0.25) is 0 Å². The Morgan fingerprint density at radius 2 is 1.81 bits per heavy atom. The molecule has 2 aromatic carbocycles. The second-order valence-electron chi connectivity index (χ2n) is 11.7. The molecule has 2 N–H and O–H groups in total. The largest absolute Gasteiger partial charge is 0.495 e. The maximum Gasteiger partial charge on any atom is 0.410 e. The van der Waals surface area contributed by atoms with Crippen LogP contribution in [0.5, 0.6) is 23.4 Å². The molecule has 5 aromatic rings. The van der Waals surface area contributed by atoms with Gasteiger partial charge < -0.3 is 34.5 Å². The summed E-state index contributed by atoms with van der Waals surface area (Å²) in [5.74, 6) is 0.929. The predicted octanol–water partition coefficient (Wildman–Crippen LogP) is 5.72. The number of halogens is 1. The van der Waals surface area contributed by atoms with E-state index in [4.69, 9.17) is 18.9 Å². The van der Waals surface area contributed by atoms with Crippen molar-refractivity contribution in [3.8, 4) is 29.1 Å². The summed E-state index contributed by atoms with van der Waals surface area (Å²) in [5.41, 5.74) is 1.51. The topological polar surface area (TPSA) is 151 Å². The van der Waals surface area contributed by atoms with Gasteiger partial charge in [-0.05, 0) is 45.4 Å². The second kappa shape index (κ2) is 12.9. The normalized spacial score (nSPS) is 14.6. The van der Waals surface area contributed by atoms with E-state index >= 15 is 4.39 Å². The lowest BCUT2D eigenvalue weighted by Gasteiger charge is -2.24. The van der Waals surface area contributed by atoms with Crippen LogP contribution in [0.3, 0.4) is 0 Å². The molecule has 3 aromatic heterocycles. The Balaban J connectivity index is 1.17. The zero-order valence-corrected chi connectivity index (χ0v) is 26.5. The van der Waals surface area contributed by atoms with Crippen LogP contribution < -0.4 is 24.8 Å². The van der Waals surface area contributed by atoms with Gasteiger partial charge in [0.05, 0.1) is 43.5 Å². The highest BCUT2D eigenvalue weighted by molar-refractivity contribution is 5.95. The summed E-state index contributed by atoms with van der Waals surface area (Å²) in [6.45, 7) is 6.57. The molecule has 4 heterocycles. The van der Waals surface area contributed by atoms with Gasteiger partial charge in [-0.2, -0.15) is 0 Å². The van der Waals surface area contributed by atoms with Crippen molar-refractivity contribution in [1.82, 2.24) is 34.6 Å². The fraction of sp³-hybridized carbons (Fsp3) is 0.312. The van der Waals surface area contributed by atoms with Gasteiger partial charge in [-0.15, -0.1) is 5.10 Å². The molecular formula is C32H34FN9O5. The number of nitrogens with zero attached hydrogens (tertiary/aromatic N) is 7. The molecule has 1 atom stereocenters. The minimum absolute atomic E-state index is 0.0316. The smallest absolute Gasteiger partial charge is 0.410 e. The van der Waals surface area contributed by atoms with Crippen LogP contribution in [0.25, 0.3) is 16.6 Å². The Bertz CT molecular complexity index is 1900. The second-order valence-corrected chi connectivity index (χ2v) is 11.7. The number of hydrogen-bond donors (Lipinski definition) is 2. The van der Waals surface area contributed by atoms with Gasteiger partial charge in [0.15, 0.2) is 0 Å². The first-order valence-corrected chi connectivity index (χ1v) is 14.8. The lowest BCUT2D eigenvalue weighted by molar-refractivity contribution is 0.0293. The van der Waals surface area contributed by atoms with E-state index in [1.165, 1.54) is 24.2 Å². The summed E-state index contributed by atoms with van der Waals surface area (Å²) in [5, 5.41) is 11.6. The lowest BCUT2D eigenvalue weighted by atomic mass is 10.1. The van der Waals surface area contributed by atoms with E-state index in [2.05, 4.69) is 35.7 Å². The van der Waals surface area contributed by atoms with Crippen LogP contribution in [0.15, 0.2) is 61.3 Å². The van der Waals surface area contributed by atoms with Crippen LogP contribution >= 0.6 is 0 Å². The van der Waals surface area contributed by atoms with E-state index in [0.29, 0.717) is 46.9 Å². The minimum Gasteiger partial charge on any atom is -0.495 e. The third kappa shape index (κ3) is 7.24. The molecule has 1 fully saturated rings. The highest BCUT2D eigenvalue weighted by Gasteiger charge is 2.30. The quantitative estimate of drug-likeness (QED) is 0.202. The number of carbonyl (C=O) groups is 1. The number of likely N-dealkylation sites (tertiary alicyclic amines) is 1. The van der Waals surface area contributed by atoms with Gasteiger partial charge in [-0.25, -0.2) is 33.8 Å². The van der Waals surface area contributed by atoms with Crippen molar-refractivity contribution in [3.63, 3.8) is 0 Å². The first kappa shape index (κ1) is 31.3. The van der Waals surface area contributed by atoms with Crippen molar-refractivity contribution in [1.29, 1.82) is 0 Å². The summed E-state index contributed by atoms with van der Waals surface area (Å²) in [6, 6.07) is 9.93. The van der Waals surface area contributed by atoms with E-state index in [1.807, 2.05) is 26.8 Å². The Labute approximate surface area is 269 Å². The van der Waals surface area contributed by atoms with Crippen LogP contribution in [-0.4, -0.2) is 79.7 Å². The highest BCUT2D eigenvalue weighted by atomic mass is 19.1. The average molecular weight is 644 g/mol. The third-order valence-corrected chi connectivity index (χ3v) is 7.20. The SMILES string of the molecule is COc1ncc(-n2ccc(Oc3ccc(Nc4ncnc5cc(OC)c(N[C@@H]6CCN(C(=O)OC(C)(C)C)C6)cc45)c(F)c3)n2)cn1. The standard InChI is InChI=1S/C32H34FN9O5/c1-32(2,3)47-31(43)41-10-8-19(17-41)38-26-13-22-25(14-27(26)44-4)36-18-37-29(22)39-24-7-6-21(12-23(24)33)46-28-9-11-42(40-28)20-15-34-30(45-5)35-16-20/h6-7,9,11-16,18-19,38H,8,10,17H2,1-5H3,(H,36,37,39)/t19-/m1/s1. The molecule has 1 aliphatic heterocycles. The van der Waals surface area contributed by atoms with Crippen molar-refractivity contribution in [2.75, 3.05) is 37.9 Å². The molecule has 0 spiro atoms. The summed E-state index contributed by atoms with van der Waals surface area (Å²) < 4.78 is 38.8. The van der Waals surface area contributed by atoms with E-state index in [1.54, 1.807) is 54.9 Å². The number of rotatable bonds is 9. The van der Waals surface area contributed by atoms with Crippen LogP contribution in [0.4, 0.5) is 26.4 Å². The van der Waals surface area contributed by atoms with Crippen LogP contribution in [-0.2, 0) is 4.74 Å². The molecule has 0 bridgehead atoms. The Hall–Kier alpha value is -5.73. The zero-order chi connectivity index (χ0) is 33.1. The minimum atomic E-state index is -0.570. The molecular weight excluding hydrogens is 609 g/mol. The Kier molecular flexibility index (Phi) is 8.61.